The van der Waals surface area contributed by atoms with Crippen molar-refractivity contribution in [2.45, 2.75) is 24.8 Å². The number of ether oxygens (including phenoxy) is 2. The molecule has 2 aliphatic rings. The standard InChI is InChI=1S/C27H33FN4O12P2/c1-17(33)29-14-21-15-32(27(36)44-21)20-6-7-23(22(28)13-20)30-8-10-31(11-9-30)24(34)16-43-26(35)19-4-2-18(3-5-19)12-25(45(37,38)39)46(40,41)42/h2-7,13,21,25H,8-12,14-16H2,1H3,(H,29,33)(H2,37,38,39)(H2,40,41,42)/t21-/m0/s1. The van der Waals surface area contributed by atoms with Gasteiger partial charge in [-0.1, -0.05) is 12.1 Å². The van der Waals surface area contributed by atoms with E-state index in [4.69, 9.17) is 9.47 Å². The lowest BCUT2D eigenvalue weighted by atomic mass is 10.1. The van der Waals surface area contributed by atoms with Gasteiger partial charge in [-0.3, -0.25) is 23.6 Å². The van der Waals surface area contributed by atoms with Gasteiger partial charge in [0.1, 0.15) is 11.9 Å². The van der Waals surface area contributed by atoms with Crippen molar-refractivity contribution in [2.24, 2.45) is 0 Å². The maximum absolute atomic E-state index is 15.1. The van der Waals surface area contributed by atoms with Gasteiger partial charge in [0.05, 0.1) is 30.0 Å². The van der Waals surface area contributed by atoms with Crippen molar-refractivity contribution in [3.05, 3.63) is 59.4 Å². The highest BCUT2D eigenvalue weighted by Gasteiger charge is 2.43. The monoisotopic (exact) mass is 686 g/mol. The Bertz CT molecular complexity index is 1550. The van der Waals surface area contributed by atoms with E-state index in [9.17, 15) is 47.9 Å². The van der Waals surface area contributed by atoms with Crippen LogP contribution in [-0.2, 0) is 34.6 Å². The summed E-state index contributed by atoms with van der Waals surface area (Å²) in [6, 6.07) is 9.35. The van der Waals surface area contributed by atoms with E-state index in [-0.39, 0.29) is 62.0 Å². The SMILES string of the molecule is CC(=O)NC[C@H]1CN(c2ccc(N3CCN(C(=O)COC(=O)c4ccc(CC(P(=O)(O)O)P(=O)(O)O)cc4)CC3)c(F)c2)C(=O)O1. The van der Waals surface area contributed by atoms with Crippen LogP contribution < -0.4 is 15.1 Å². The van der Waals surface area contributed by atoms with Crippen molar-refractivity contribution in [1.82, 2.24) is 10.2 Å². The zero-order chi connectivity index (χ0) is 33.8. The molecule has 5 N–H and O–H groups in total. The van der Waals surface area contributed by atoms with Gasteiger partial charge < -0.3 is 44.2 Å². The van der Waals surface area contributed by atoms with E-state index < -0.39 is 63.5 Å². The van der Waals surface area contributed by atoms with E-state index in [2.05, 4.69) is 5.32 Å². The number of cyclic esters (lactones) is 1. The Balaban J connectivity index is 1.25. The van der Waals surface area contributed by atoms with Gasteiger partial charge in [0, 0.05) is 33.1 Å². The molecular weight excluding hydrogens is 653 g/mol. The molecule has 250 valence electrons. The Hall–Kier alpha value is -3.85. The highest BCUT2D eigenvalue weighted by atomic mass is 31.2. The average Bonchev–Trinajstić information content (AvgIpc) is 3.37. The number of halogens is 1. The number of carbonyl (C=O) groups excluding carboxylic acids is 4. The summed E-state index contributed by atoms with van der Waals surface area (Å²) in [5.74, 6) is -2.17. The van der Waals surface area contributed by atoms with Crippen LogP contribution in [0.25, 0.3) is 0 Å². The molecule has 2 saturated heterocycles. The highest BCUT2D eigenvalue weighted by molar-refractivity contribution is 7.70. The predicted molar refractivity (Wildman–Crippen MR) is 160 cm³/mol. The summed E-state index contributed by atoms with van der Waals surface area (Å²) in [4.78, 5) is 90.1. The first kappa shape index (κ1) is 35.0. The van der Waals surface area contributed by atoms with Crippen molar-refractivity contribution in [3.8, 4) is 0 Å². The van der Waals surface area contributed by atoms with Crippen LogP contribution >= 0.6 is 15.2 Å². The largest absolute Gasteiger partial charge is 0.452 e. The topological polar surface area (TPSA) is 224 Å². The zero-order valence-corrected chi connectivity index (χ0v) is 26.3. The van der Waals surface area contributed by atoms with Crippen LogP contribution in [-0.4, -0.2) is 106 Å². The van der Waals surface area contributed by atoms with Gasteiger partial charge in [0.25, 0.3) is 5.91 Å². The molecule has 0 saturated carbocycles. The maximum Gasteiger partial charge on any atom is 0.414 e. The lowest BCUT2D eigenvalue weighted by Gasteiger charge is -2.36. The molecule has 0 bridgehead atoms. The lowest BCUT2D eigenvalue weighted by Crippen LogP contribution is -2.50. The van der Waals surface area contributed by atoms with Crippen LogP contribution in [0.3, 0.4) is 0 Å². The number of piperazine rings is 1. The van der Waals surface area contributed by atoms with Gasteiger partial charge in [-0.15, -0.1) is 0 Å². The van der Waals surface area contributed by atoms with E-state index >= 15 is 4.39 Å². The molecule has 46 heavy (non-hydrogen) atoms. The Kier molecular flexibility index (Phi) is 10.9. The van der Waals surface area contributed by atoms with Gasteiger partial charge in [-0.05, 0) is 42.3 Å². The lowest BCUT2D eigenvalue weighted by molar-refractivity contribution is -0.134. The minimum absolute atomic E-state index is 0.00893. The molecule has 0 radical (unpaired) electrons. The van der Waals surface area contributed by atoms with Gasteiger partial charge in [-0.25, -0.2) is 14.0 Å². The minimum Gasteiger partial charge on any atom is -0.452 e. The number of nitrogens with one attached hydrogen (secondary N) is 1. The number of rotatable bonds is 11. The molecule has 0 spiro atoms. The number of nitrogens with zero attached hydrogens (tertiary/aromatic N) is 3. The third-order valence-electron chi connectivity index (χ3n) is 7.38. The number of hydrogen-bond donors (Lipinski definition) is 5. The molecule has 3 amide bonds. The van der Waals surface area contributed by atoms with Crippen LogP contribution in [0.1, 0.15) is 22.8 Å². The van der Waals surface area contributed by atoms with Crippen molar-refractivity contribution >= 4 is 50.4 Å². The first-order valence-corrected chi connectivity index (χ1v) is 17.3. The fraction of sp³-hybridized carbons (Fsp3) is 0.407. The minimum atomic E-state index is -5.11. The fourth-order valence-corrected chi connectivity index (χ4v) is 7.40. The number of hydrogen-bond acceptors (Lipinski definition) is 9. The van der Waals surface area contributed by atoms with Crippen LogP contribution in [0.4, 0.5) is 20.6 Å². The molecule has 0 unspecified atom stereocenters. The first-order valence-electron chi connectivity index (χ1n) is 13.9. The molecule has 0 aliphatic carbocycles. The molecule has 1 atom stereocenters. The van der Waals surface area contributed by atoms with Crippen molar-refractivity contribution < 1.29 is 61.7 Å². The third kappa shape index (κ3) is 8.90. The molecule has 2 heterocycles. The molecule has 2 aromatic carbocycles. The highest BCUT2D eigenvalue weighted by Crippen LogP contribution is 2.60. The van der Waals surface area contributed by atoms with Gasteiger partial charge in [-0.2, -0.15) is 0 Å². The summed E-state index contributed by atoms with van der Waals surface area (Å²) < 4.78 is 48.4. The number of carbonyl (C=O) groups is 4. The second-order valence-electron chi connectivity index (χ2n) is 10.7. The van der Waals surface area contributed by atoms with Crippen molar-refractivity contribution in [2.75, 3.05) is 55.7 Å². The summed E-state index contributed by atoms with van der Waals surface area (Å²) in [5.41, 5.74) is 0.753. The van der Waals surface area contributed by atoms with Crippen LogP contribution in [0.5, 0.6) is 0 Å². The Morgan fingerprint density at radius 3 is 2.22 bits per heavy atom. The molecule has 19 heteroatoms. The molecule has 2 aliphatic heterocycles. The number of anilines is 2. The fourth-order valence-electron chi connectivity index (χ4n) is 4.94. The first-order chi connectivity index (χ1) is 21.5. The molecular formula is C27H33FN4O12P2. The number of esters is 1. The molecule has 2 fully saturated rings. The average molecular weight is 687 g/mol. The summed E-state index contributed by atoms with van der Waals surface area (Å²) in [6.07, 6.45) is -1.85. The molecule has 2 aromatic rings. The third-order valence-corrected chi connectivity index (χ3v) is 11.1. The summed E-state index contributed by atoms with van der Waals surface area (Å²) in [6.45, 7) is 2.06. The summed E-state index contributed by atoms with van der Waals surface area (Å²) in [7, 11) is -10.2. The van der Waals surface area contributed by atoms with Crippen LogP contribution in [0, 0.1) is 5.82 Å². The molecule has 16 nitrogen and oxygen atoms in total. The second-order valence-corrected chi connectivity index (χ2v) is 14.7. The summed E-state index contributed by atoms with van der Waals surface area (Å²) >= 11 is 0. The van der Waals surface area contributed by atoms with E-state index in [0.29, 0.717) is 5.69 Å². The maximum atomic E-state index is 15.1. The van der Waals surface area contributed by atoms with Crippen LogP contribution in [0.2, 0.25) is 0 Å². The summed E-state index contributed by atoms with van der Waals surface area (Å²) in [5, 5.41) is 0.350. The Morgan fingerprint density at radius 1 is 1.02 bits per heavy atom. The Morgan fingerprint density at radius 2 is 1.65 bits per heavy atom. The number of amides is 3. The van der Waals surface area contributed by atoms with E-state index in [1.165, 1.54) is 53.1 Å². The van der Waals surface area contributed by atoms with Gasteiger partial charge in [0.2, 0.25) is 5.91 Å². The van der Waals surface area contributed by atoms with E-state index in [1.54, 1.807) is 11.0 Å². The smallest absolute Gasteiger partial charge is 0.414 e. The van der Waals surface area contributed by atoms with Gasteiger partial charge >= 0.3 is 27.3 Å². The van der Waals surface area contributed by atoms with E-state index in [1.807, 2.05) is 0 Å². The zero-order valence-electron chi connectivity index (χ0n) is 24.5. The van der Waals surface area contributed by atoms with Crippen molar-refractivity contribution in [1.29, 1.82) is 0 Å². The van der Waals surface area contributed by atoms with Gasteiger partial charge in [0.15, 0.2) is 12.0 Å². The molecule has 4 rings (SSSR count). The van der Waals surface area contributed by atoms with Crippen LogP contribution in [0.15, 0.2) is 42.5 Å². The predicted octanol–water partition coefficient (Wildman–Crippen LogP) is 1.02. The molecule has 0 aromatic heterocycles. The Labute approximate surface area is 262 Å². The van der Waals surface area contributed by atoms with E-state index in [0.717, 1.165) is 0 Å². The quantitative estimate of drug-likeness (QED) is 0.165. The van der Waals surface area contributed by atoms with Crippen molar-refractivity contribution in [3.63, 3.8) is 0 Å². The number of benzene rings is 2. The second kappa shape index (κ2) is 14.3. The normalized spacial score (nSPS) is 17.2.